The molecule has 0 radical (unpaired) electrons. The van der Waals surface area contributed by atoms with Crippen LogP contribution in [0.2, 0.25) is 0 Å². The van der Waals surface area contributed by atoms with Gasteiger partial charge in [-0.05, 0) is 48.6 Å². The Bertz CT molecular complexity index is 824. The first-order valence-corrected chi connectivity index (χ1v) is 9.29. The monoisotopic (exact) mass is 347 g/mol. The molecule has 2 aromatic rings. The molecule has 0 bridgehead atoms. The number of benzene rings is 2. The van der Waals surface area contributed by atoms with Gasteiger partial charge in [0.1, 0.15) is 0 Å². The Morgan fingerprint density at radius 3 is 2.29 bits per heavy atom. The summed E-state index contributed by atoms with van der Waals surface area (Å²) in [4.78, 5) is 11.2. The van der Waals surface area contributed by atoms with E-state index in [0.717, 1.165) is 16.7 Å². The van der Waals surface area contributed by atoms with E-state index in [0.29, 0.717) is 12.0 Å². The number of hydrogen-bond donors (Lipinski definition) is 2. The van der Waals surface area contributed by atoms with Crippen molar-refractivity contribution in [1.29, 1.82) is 0 Å². The first-order valence-electron chi connectivity index (χ1n) is 7.64. The molecule has 0 amide bonds. The number of aryl methyl sites for hydroxylation is 2. The molecule has 0 aliphatic carbocycles. The lowest BCUT2D eigenvalue weighted by atomic mass is 10.1. The summed E-state index contributed by atoms with van der Waals surface area (Å²) in [6.07, 6.45) is 0.328. The Labute approximate surface area is 142 Å². The van der Waals surface area contributed by atoms with Crippen LogP contribution in [0.3, 0.4) is 0 Å². The second kappa shape index (κ2) is 7.59. The molecular weight excluding hydrogens is 326 g/mol. The summed E-state index contributed by atoms with van der Waals surface area (Å²) < 4.78 is 27.1. The van der Waals surface area contributed by atoms with Gasteiger partial charge < -0.3 is 5.11 Å². The van der Waals surface area contributed by atoms with Crippen molar-refractivity contribution in [1.82, 2.24) is 4.72 Å². The Balaban J connectivity index is 2.03. The van der Waals surface area contributed by atoms with Crippen LogP contribution in [0.25, 0.3) is 0 Å². The van der Waals surface area contributed by atoms with Crippen molar-refractivity contribution < 1.29 is 18.3 Å². The highest BCUT2D eigenvalue weighted by Gasteiger charge is 2.15. The van der Waals surface area contributed by atoms with Crippen LogP contribution in [0.15, 0.2) is 42.5 Å². The fraction of sp³-hybridized carbons (Fsp3) is 0.278. The third kappa shape index (κ3) is 4.66. The minimum atomic E-state index is -3.48. The second-order valence-electron chi connectivity index (χ2n) is 5.74. The smallest absolute Gasteiger partial charge is 0.335 e. The Kier molecular flexibility index (Phi) is 5.75. The molecule has 24 heavy (non-hydrogen) atoms. The highest BCUT2D eigenvalue weighted by Crippen LogP contribution is 2.16. The number of carbonyl (C=O) groups is 1. The minimum absolute atomic E-state index is 0.0773. The normalized spacial score (nSPS) is 11.4. The molecule has 128 valence electrons. The Morgan fingerprint density at radius 1 is 1.04 bits per heavy atom. The van der Waals surface area contributed by atoms with Crippen LogP contribution in [0, 0.1) is 13.8 Å². The highest BCUT2D eigenvalue weighted by atomic mass is 32.2. The lowest BCUT2D eigenvalue weighted by Crippen LogP contribution is -2.28. The van der Waals surface area contributed by atoms with E-state index in [9.17, 15) is 13.2 Å². The average molecular weight is 347 g/mol. The molecule has 0 spiro atoms. The van der Waals surface area contributed by atoms with E-state index in [1.54, 1.807) is 18.2 Å². The number of rotatable bonds is 7. The van der Waals surface area contributed by atoms with Gasteiger partial charge in [-0.3, -0.25) is 0 Å². The molecule has 2 aromatic carbocycles. The molecular formula is C18H21NO4S. The maximum absolute atomic E-state index is 12.3. The van der Waals surface area contributed by atoms with Gasteiger partial charge in [-0.15, -0.1) is 0 Å². The molecule has 0 aromatic heterocycles. The van der Waals surface area contributed by atoms with E-state index < -0.39 is 16.0 Å². The van der Waals surface area contributed by atoms with Gasteiger partial charge in [-0.25, -0.2) is 17.9 Å². The van der Waals surface area contributed by atoms with Gasteiger partial charge in [0.25, 0.3) is 0 Å². The molecule has 0 saturated heterocycles. The van der Waals surface area contributed by atoms with Crippen LogP contribution >= 0.6 is 0 Å². The Hall–Kier alpha value is -2.18. The van der Waals surface area contributed by atoms with E-state index in [1.165, 1.54) is 6.07 Å². The van der Waals surface area contributed by atoms with Crippen LogP contribution in [0.5, 0.6) is 0 Å². The summed E-state index contributed by atoms with van der Waals surface area (Å²) >= 11 is 0. The van der Waals surface area contributed by atoms with Crippen LogP contribution < -0.4 is 4.72 Å². The van der Waals surface area contributed by atoms with Crippen molar-refractivity contribution in [3.63, 3.8) is 0 Å². The van der Waals surface area contributed by atoms with Crippen LogP contribution in [0.1, 0.15) is 32.6 Å². The van der Waals surface area contributed by atoms with Crippen molar-refractivity contribution in [2.45, 2.75) is 26.0 Å². The average Bonchev–Trinajstić information content (AvgIpc) is 2.51. The van der Waals surface area contributed by atoms with E-state index in [-0.39, 0.29) is 17.9 Å². The van der Waals surface area contributed by atoms with Gasteiger partial charge in [0.15, 0.2) is 0 Å². The summed E-state index contributed by atoms with van der Waals surface area (Å²) in [5.74, 6) is -1.09. The van der Waals surface area contributed by atoms with Crippen molar-refractivity contribution in [2.75, 3.05) is 6.54 Å². The number of nitrogens with one attached hydrogen (secondary N) is 1. The van der Waals surface area contributed by atoms with Crippen molar-refractivity contribution in [2.24, 2.45) is 0 Å². The topological polar surface area (TPSA) is 83.5 Å². The summed E-state index contributed by atoms with van der Waals surface area (Å²) in [5, 5.41) is 9.14. The van der Waals surface area contributed by atoms with Gasteiger partial charge in [0.05, 0.1) is 11.3 Å². The van der Waals surface area contributed by atoms with Gasteiger partial charge >= 0.3 is 5.97 Å². The number of carboxylic acids is 1. The third-order valence-electron chi connectivity index (χ3n) is 3.94. The molecule has 2 N–H and O–H groups in total. The summed E-state index contributed by atoms with van der Waals surface area (Å²) in [6.45, 7) is 3.94. The number of carboxylic acid groups (broad SMARTS) is 1. The first-order chi connectivity index (χ1) is 11.3. The van der Waals surface area contributed by atoms with Gasteiger partial charge in [0, 0.05) is 6.54 Å². The molecule has 0 heterocycles. The second-order valence-corrected chi connectivity index (χ2v) is 7.54. The standard InChI is InChI=1S/C18H21NO4S/c1-13-6-5-7-14(2)17(13)12-24(22,23)19-11-10-15-8-3-4-9-16(15)18(20)21/h3-9,19H,10-12H2,1-2H3,(H,20,21). The molecule has 6 heteroatoms. The van der Waals surface area contributed by atoms with E-state index in [4.69, 9.17) is 5.11 Å². The zero-order valence-electron chi connectivity index (χ0n) is 13.7. The summed E-state index contributed by atoms with van der Waals surface area (Å²) in [7, 11) is -3.48. The van der Waals surface area contributed by atoms with E-state index in [1.807, 2.05) is 32.0 Å². The predicted octanol–water partition coefficient (Wildman–Crippen LogP) is 2.66. The quantitative estimate of drug-likeness (QED) is 0.806. The molecule has 0 fully saturated rings. The molecule has 0 saturated carbocycles. The molecule has 0 unspecified atom stereocenters. The SMILES string of the molecule is Cc1cccc(C)c1CS(=O)(=O)NCCc1ccccc1C(=O)O. The number of sulfonamides is 1. The lowest BCUT2D eigenvalue weighted by Gasteiger charge is -2.12. The molecule has 5 nitrogen and oxygen atoms in total. The van der Waals surface area contributed by atoms with Crippen molar-refractivity contribution in [3.8, 4) is 0 Å². The van der Waals surface area contributed by atoms with Crippen LogP contribution in [0.4, 0.5) is 0 Å². The fourth-order valence-electron chi connectivity index (χ4n) is 2.61. The van der Waals surface area contributed by atoms with Crippen molar-refractivity contribution >= 4 is 16.0 Å². The van der Waals surface area contributed by atoms with Gasteiger partial charge in [-0.1, -0.05) is 36.4 Å². The highest BCUT2D eigenvalue weighted by molar-refractivity contribution is 7.88. The van der Waals surface area contributed by atoms with E-state index >= 15 is 0 Å². The lowest BCUT2D eigenvalue weighted by molar-refractivity contribution is 0.0695. The van der Waals surface area contributed by atoms with Crippen LogP contribution in [-0.4, -0.2) is 26.0 Å². The van der Waals surface area contributed by atoms with Gasteiger partial charge in [-0.2, -0.15) is 0 Å². The number of hydrogen-bond acceptors (Lipinski definition) is 3. The van der Waals surface area contributed by atoms with Crippen LogP contribution in [-0.2, 0) is 22.2 Å². The maximum Gasteiger partial charge on any atom is 0.335 e. The number of aromatic carboxylic acids is 1. The van der Waals surface area contributed by atoms with E-state index in [2.05, 4.69) is 4.72 Å². The first kappa shape index (κ1) is 18.2. The molecule has 0 aliphatic rings. The fourth-order valence-corrected chi connectivity index (χ4v) is 3.96. The third-order valence-corrected chi connectivity index (χ3v) is 5.26. The molecule has 0 atom stereocenters. The Morgan fingerprint density at radius 2 is 1.67 bits per heavy atom. The minimum Gasteiger partial charge on any atom is -0.478 e. The zero-order valence-corrected chi connectivity index (χ0v) is 14.6. The summed E-state index contributed by atoms with van der Waals surface area (Å²) in [6, 6.07) is 12.3. The predicted molar refractivity (Wildman–Crippen MR) is 93.6 cm³/mol. The van der Waals surface area contributed by atoms with Gasteiger partial charge in [0.2, 0.25) is 10.0 Å². The zero-order chi connectivity index (χ0) is 17.7. The maximum atomic E-state index is 12.3. The largest absolute Gasteiger partial charge is 0.478 e. The molecule has 2 rings (SSSR count). The molecule has 0 aliphatic heterocycles. The van der Waals surface area contributed by atoms with Crippen molar-refractivity contribution in [3.05, 3.63) is 70.3 Å². The summed E-state index contributed by atoms with van der Waals surface area (Å²) in [5.41, 5.74) is 3.50.